The van der Waals surface area contributed by atoms with Gasteiger partial charge in [-0.2, -0.15) is 13.2 Å². The number of hydrogen-bond acceptors (Lipinski definition) is 4. The minimum Gasteiger partial charge on any atom is -0.395 e. The lowest BCUT2D eigenvalue weighted by atomic mass is 10.3. The van der Waals surface area contributed by atoms with Gasteiger partial charge >= 0.3 is 5.51 Å². The summed E-state index contributed by atoms with van der Waals surface area (Å²) in [5.41, 5.74) is -5.52. The van der Waals surface area contributed by atoms with Gasteiger partial charge < -0.3 is 10.4 Å². The molecule has 0 amide bonds. The van der Waals surface area contributed by atoms with Crippen LogP contribution in [-0.4, -0.2) is 32.2 Å². The number of rotatable bonds is 4. The molecule has 0 aliphatic carbocycles. The maximum Gasteiger partial charge on any atom is 0.501 e. The largest absolute Gasteiger partial charge is 0.501 e. The smallest absolute Gasteiger partial charge is 0.395 e. The highest BCUT2D eigenvalue weighted by Crippen LogP contribution is 2.33. The summed E-state index contributed by atoms with van der Waals surface area (Å²) in [6.07, 6.45) is 0. The summed E-state index contributed by atoms with van der Waals surface area (Å²) in [4.78, 5) is -0.846. The predicted molar refractivity (Wildman–Crippen MR) is 55.3 cm³/mol. The minimum absolute atomic E-state index is 0.0373. The number of anilines is 1. The molecule has 0 aromatic heterocycles. The first-order chi connectivity index (χ1) is 7.80. The molecule has 0 spiro atoms. The van der Waals surface area contributed by atoms with Crippen molar-refractivity contribution < 1.29 is 26.7 Å². The van der Waals surface area contributed by atoms with Gasteiger partial charge in [0.25, 0.3) is 9.84 Å². The summed E-state index contributed by atoms with van der Waals surface area (Å²) in [5, 5.41) is 11.0. The van der Waals surface area contributed by atoms with Crippen molar-refractivity contribution in [1.29, 1.82) is 0 Å². The lowest BCUT2D eigenvalue weighted by Gasteiger charge is -2.13. The Morgan fingerprint density at radius 1 is 1.24 bits per heavy atom. The first-order valence-electron chi connectivity index (χ1n) is 4.56. The number of aliphatic hydroxyl groups is 1. The molecular weight excluding hydrogens is 259 g/mol. The third-order valence-corrected chi connectivity index (χ3v) is 3.45. The van der Waals surface area contributed by atoms with Gasteiger partial charge in [-0.25, -0.2) is 8.42 Å². The molecule has 0 unspecified atom stereocenters. The lowest BCUT2D eigenvalue weighted by Crippen LogP contribution is -2.24. The van der Waals surface area contributed by atoms with Crippen molar-refractivity contribution >= 4 is 15.5 Å². The Morgan fingerprint density at radius 3 is 2.35 bits per heavy atom. The van der Waals surface area contributed by atoms with Crippen molar-refractivity contribution in [1.82, 2.24) is 0 Å². The molecule has 0 aliphatic heterocycles. The second-order valence-electron chi connectivity index (χ2n) is 3.10. The van der Waals surface area contributed by atoms with E-state index in [0.29, 0.717) is 0 Å². The maximum absolute atomic E-state index is 12.4. The molecule has 0 atom stereocenters. The Morgan fingerprint density at radius 2 is 1.82 bits per heavy atom. The summed E-state index contributed by atoms with van der Waals surface area (Å²) < 4.78 is 59.5. The van der Waals surface area contributed by atoms with Crippen molar-refractivity contribution in [2.75, 3.05) is 18.5 Å². The average molecular weight is 269 g/mol. The van der Waals surface area contributed by atoms with Crippen LogP contribution >= 0.6 is 0 Å². The first-order valence-corrected chi connectivity index (χ1v) is 6.04. The quantitative estimate of drug-likeness (QED) is 0.866. The topological polar surface area (TPSA) is 66.4 Å². The number of hydrogen-bond donors (Lipinski definition) is 2. The SMILES string of the molecule is O=S(=O)(c1ccccc1NCCO)C(F)(F)F. The fraction of sp³-hybridized carbons (Fsp3) is 0.333. The summed E-state index contributed by atoms with van der Waals surface area (Å²) in [6.45, 7) is -0.356. The molecule has 1 aromatic rings. The Balaban J connectivity index is 3.23. The van der Waals surface area contributed by atoms with Crippen LogP contribution in [-0.2, 0) is 9.84 Å². The van der Waals surface area contributed by atoms with Crippen LogP contribution in [0.2, 0.25) is 0 Å². The highest BCUT2D eigenvalue weighted by Gasteiger charge is 2.47. The van der Waals surface area contributed by atoms with E-state index in [4.69, 9.17) is 5.11 Å². The van der Waals surface area contributed by atoms with Gasteiger partial charge in [0, 0.05) is 6.54 Å². The number of halogens is 3. The van der Waals surface area contributed by atoms with Gasteiger partial charge in [-0.15, -0.1) is 0 Å². The first kappa shape index (κ1) is 13.8. The summed E-state index contributed by atoms with van der Waals surface area (Å²) >= 11 is 0. The molecule has 8 heteroatoms. The third-order valence-electron chi connectivity index (χ3n) is 1.91. The zero-order chi connectivity index (χ0) is 13.1. The molecule has 0 saturated heterocycles. The van der Waals surface area contributed by atoms with Crippen LogP contribution in [0.3, 0.4) is 0 Å². The normalized spacial score (nSPS) is 12.5. The number of alkyl halides is 3. The highest BCUT2D eigenvalue weighted by atomic mass is 32.2. The fourth-order valence-electron chi connectivity index (χ4n) is 1.16. The molecular formula is C9H10F3NO3S. The molecule has 0 aliphatic rings. The zero-order valence-corrected chi connectivity index (χ0v) is 9.35. The third kappa shape index (κ3) is 2.89. The van der Waals surface area contributed by atoms with Crippen molar-refractivity contribution in [3.8, 4) is 0 Å². The van der Waals surface area contributed by atoms with Crippen LogP contribution in [0.1, 0.15) is 0 Å². The van der Waals surface area contributed by atoms with Gasteiger partial charge in [0.1, 0.15) is 0 Å². The number of nitrogens with one attached hydrogen (secondary N) is 1. The average Bonchev–Trinajstić information content (AvgIpc) is 2.25. The van der Waals surface area contributed by atoms with Gasteiger partial charge in [-0.1, -0.05) is 12.1 Å². The Kier molecular flexibility index (Phi) is 3.99. The Labute approximate surface area is 96.0 Å². The van der Waals surface area contributed by atoms with Crippen LogP contribution in [0, 0.1) is 0 Å². The van der Waals surface area contributed by atoms with E-state index in [2.05, 4.69) is 5.32 Å². The highest BCUT2D eigenvalue weighted by molar-refractivity contribution is 7.92. The van der Waals surface area contributed by atoms with E-state index in [-0.39, 0.29) is 18.8 Å². The summed E-state index contributed by atoms with van der Waals surface area (Å²) in [5.74, 6) is 0. The van der Waals surface area contributed by atoms with Gasteiger partial charge in [0.2, 0.25) is 0 Å². The monoisotopic (exact) mass is 269 g/mol. The van der Waals surface area contributed by atoms with Gasteiger partial charge in [0.05, 0.1) is 17.2 Å². The van der Waals surface area contributed by atoms with E-state index in [1.54, 1.807) is 0 Å². The van der Waals surface area contributed by atoms with Crippen LogP contribution < -0.4 is 5.32 Å². The zero-order valence-electron chi connectivity index (χ0n) is 8.53. The molecule has 1 rings (SSSR count). The van der Waals surface area contributed by atoms with Crippen LogP contribution in [0.25, 0.3) is 0 Å². The molecule has 0 heterocycles. The van der Waals surface area contributed by atoms with E-state index >= 15 is 0 Å². The van der Waals surface area contributed by atoms with Crippen LogP contribution in [0.15, 0.2) is 29.2 Å². The molecule has 1 aromatic carbocycles. The van der Waals surface area contributed by atoms with Crippen molar-refractivity contribution in [2.45, 2.75) is 10.4 Å². The standard InChI is InChI=1S/C9H10F3NO3S/c10-9(11,12)17(15,16)8-4-2-1-3-7(8)13-5-6-14/h1-4,13-14H,5-6H2. The van der Waals surface area contributed by atoms with Crippen molar-refractivity contribution in [2.24, 2.45) is 0 Å². The minimum atomic E-state index is -5.38. The molecule has 96 valence electrons. The number of para-hydroxylation sites is 1. The lowest BCUT2D eigenvalue weighted by molar-refractivity contribution is -0.0435. The Bertz CT molecular complexity index is 485. The van der Waals surface area contributed by atoms with Gasteiger partial charge in [-0.05, 0) is 12.1 Å². The molecule has 2 N–H and O–H groups in total. The predicted octanol–water partition coefficient (Wildman–Crippen LogP) is 1.38. The maximum atomic E-state index is 12.4. The fourth-order valence-corrected chi connectivity index (χ4v) is 2.10. The molecule has 17 heavy (non-hydrogen) atoms. The molecule has 0 radical (unpaired) electrons. The van der Waals surface area contributed by atoms with Crippen molar-refractivity contribution in [3.63, 3.8) is 0 Å². The number of benzene rings is 1. The van der Waals surface area contributed by atoms with Crippen molar-refractivity contribution in [3.05, 3.63) is 24.3 Å². The second kappa shape index (κ2) is 4.92. The van der Waals surface area contributed by atoms with E-state index in [0.717, 1.165) is 6.07 Å². The molecule has 0 bridgehead atoms. The van der Waals surface area contributed by atoms with Crippen LogP contribution in [0.4, 0.5) is 18.9 Å². The van der Waals surface area contributed by atoms with E-state index in [1.807, 2.05) is 0 Å². The van der Waals surface area contributed by atoms with Crippen LogP contribution in [0.5, 0.6) is 0 Å². The number of aliphatic hydroxyl groups excluding tert-OH is 1. The number of sulfone groups is 1. The molecule has 0 fully saturated rings. The summed E-state index contributed by atoms with van der Waals surface area (Å²) in [7, 11) is -5.38. The van der Waals surface area contributed by atoms with Gasteiger partial charge in [0.15, 0.2) is 0 Å². The van der Waals surface area contributed by atoms with E-state index < -0.39 is 20.2 Å². The Hall–Kier alpha value is -1.28. The van der Waals surface area contributed by atoms with Gasteiger partial charge in [-0.3, -0.25) is 0 Å². The molecule has 0 saturated carbocycles. The summed E-state index contributed by atoms with van der Waals surface area (Å²) in [6, 6.07) is 4.66. The van der Waals surface area contributed by atoms with E-state index in [9.17, 15) is 21.6 Å². The second-order valence-corrected chi connectivity index (χ2v) is 5.01. The van der Waals surface area contributed by atoms with E-state index in [1.165, 1.54) is 18.2 Å². The molecule has 4 nitrogen and oxygen atoms in total.